The number of benzene rings is 4. The normalized spacial score (nSPS) is 14.8. The van der Waals surface area contributed by atoms with Gasteiger partial charge in [-0.1, -0.05) is 44.2 Å². The van der Waals surface area contributed by atoms with Gasteiger partial charge in [-0.15, -0.1) is 0 Å². The van der Waals surface area contributed by atoms with Crippen LogP contribution in [-0.4, -0.2) is 255 Å². The molecule has 0 saturated carbocycles. The van der Waals surface area contributed by atoms with Crippen molar-refractivity contribution < 1.29 is 14.3 Å². The average molecular weight is 1700 g/mol. The lowest BCUT2D eigenvalue weighted by atomic mass is 10.0. The highest BCUT2D eigenvalue weighted by Gasteiger charge is 2.26. The fraction of sp³-hybridized carbons (Fsp3) is 0.223. The van der Waals surface area contributed by atoms with Crippen LogP contribution >= 0.6 is 0 Å². The summed E-state index contributed by atoms with van der Waals surface area (Å²) < 4.78 is 11.0. The molecule has 0 atom stereocenters. The number of nitrogens with zero attached hydrogens (tertiary/aromatic N) is 22. The molecule has 0 radical (unpaired) electrons. The molecule has 16 aromatic heterocycles. The van der Waals surface area contributed by atoms with Crippen LogP contribution in [0.1, 0.15) is 13.8 Å². The summed E-state index contributed by atoms with van der Waals surface area (Å²) in [5, 5.41) is 37.5. The number of hydrogen-bond donors (Lipinski definition) is 9. The van der Waals surface area contributed by atoms with Crippen molar-refractivity contribution in [1.29, 1.82) is 0 Å². The number of rotatable bonds is 14. The molecule has 1 amide bonds. The summed E-state index contributed by atoms with van der Waals surface area (Å²) in [5.74, 6) is 2.73. The van der Waals surface area contributed by atoms with Crippen LogP contribution in [-0.2, 0) is 14.3 Å². The molecule has 4 saturated heterocycles. The Labute approximate surface area is 731 Å². The Morgan fingerprint density at radius 3 is 1.14 bits per heavy atom. The van der Waals surface area contributed by atoms with Gasteiger partial charge in [0.15, 0.2) is 23.3 Å². The molecule has 24 rings (SSSR count). The van der Waals surface area contributed by atoms with Crippen LogP contribution in [0.2, 0.25) is 0 Å². The number of piperazine rings is 2. The van der Waals surface area contributed by atoms with Crippen molar-refractivity contribution in [3.05, 3.63) is 214 Å². The second-order valence-corrected chi connectivity index (χ2v) is 32.6. The third kappa shape index (κ3) is 16.3. The van der Waals surface area contributed by atoms with Crippen LogP contribution in [0.4, 0.5) is 28.4 Å². The molecule has 0 unspecified atom stereocenters. The standard InChI is InChI=1S/C27H29N9O.C23H22N8.2C22H19N7O/c1-34-4-6-36(7-5-34)24-17-29-16-23-26(24)31-27(30-23)25-21-13-18(2-3-22(21)32-33-25)19-12-20(15-28-14-19)35-8-10-37-11-9-35;1-30-6-8-31(9-7-30)17-10-16(12-25-13-17)15-2-3-19-18(11-15)22(29-28-19)23-26-20-4-5-24-14-21(20)27-23;1-2-15(11-23-5-1)14-3-4-17-16(10-14)20(28-27-17)22-25-18-12-24-13-19(21(18)26-22)29-6-8-30-9-7-29;1-12(2)22(30)25-15-7-14(9-24-10-15)13-3-4-17-16(8-13)20(29-28-17)21-26-18-5-6-23-11-19(18)27-21/h2-3,12-17H,4-11H2,1H3,(H,30,31)(H,32,33);2-5,10-14H,6-9H2,1H3,(H,26,27)(H,28,29);1-5,10-13H,6-9H2,(H,25,26)(H,27,28);3-12H,1-2H3,(H,25,30)(H,26,27)(H,28,29). The van der Waals surface area contributed by atoms with Crippen molar-refractivity contribution in [2.45, 2.75) is 13.8 Å². The number of carbonyl (C=O) groups is 1. The van der Waals surface area contributed by atoms with Gasteiger partial charge in [-0.3, -0.25) is 65.1 Å². The van der Waals surface area contributed by atoms with Gasteiger partial charge in [0.25, 0.3) is 0 Å². The minimum atomic E-state index is -0.0995. The van der Waals surface area contributed by atoms with Crippen LogP contribution in [0, 0.1) is 5.92 Å². The van der Waals surface area contributed by atoms with Crippen molar-refractivity contribution >= 4 is 122 Å². The molecule has 0 spiro atoms. The number of anilines is 5. The average Bonchev–Trinajstić information content (AvgIpc) is 1.62. The van der Waals surface area contributed by atoms with E-state index in [9.17, 15) is 4.79 Å². The van der Waals surface area contributed by atoms with E-state index >= 15 is 0 Å². The Balaban J connectivity index is 0.000000104. The summed E-state index contributed by atoms with van der Waals surface area (Å²) in [4.78, 5) is 93.6. The zero-order chi connectivity index (χ0) is 86.1. The molecule has 34 heteroatoms. The second kappa shape index (κ2) is 34.8. The first kappa shape index (κ1) is 79.5. The van der Waals surface area contributed by atoms with Crippen molar-refractivity contribution in [1.82, 2.24) is 130 Å². The van der Waals surface area contributed by atoms with Crippen molar-refractivity contribution in [2.24, 2.45) is 5.92 Å². The number of aromatic amines is 8. The first-order valence-electron chi connectivity index (χ1n) is 42.7. The number of amides is 1. The van der Waals surface area contributed by atoms with Crippen molar-refractivity contribution in [2.75, 3.05) is 144 Å². The summed E-state index contributed by atoms with van der Waals surface area (Å²) in [5.41, 5.74) is 27.5. The molecule has 4 aromatic carbocycles. The molecule has 4 aliphatic heterocycles. The Kier molecular flexibility index (Phi) is 21.6. The van der Waals surface area contributed by atoms with E-state index in [4.69, 9.17) is 19.4 Å². The third-order valence-corrected chi connectivity index (χ3v) is 23.9. The summed E-state index contributed by atoms with van der Waals surface area (Å²) in [6.45, 7) is 18.3. The van der Waals surface area contributed by atoms with E-state index in [0.717, 1.165) is 295 Å². The molecule has 0 bridgehead atoms. The molecule has 20 heterocycles. The number of likely N-dealkylation sites (N-methyl/N-ethyl adjacent to an activating group) is 2. The van der Waals surface area contributed by atoms with Gasteiger partial charge in [0.05, 0.1) is 166 Å². The van der Waals surface area contributed by atoms with E-state index < -0.39 is 0 Å². The first-order valence-corrected chi connectivity index (χ1v) is 42.7. The summed E-state index contributed by atoms with van der Waals surface area (Å²) in [6.07, 6.45) is 29.2. The lowest BCUT2D eigenvalue weighted by molar-refractivity contribution is -0.118. The molecule has 9 N–H and O–H groups in total. The maximum atomic E-state index is 12.0. The molecule has 4 fully saturated rings. The fourth-order valence-electron chi connectivity index (χ4n) is 16.7. The van der Waals surface area contributed by atoms with E-state index in [2.05, 4.69) is 226 Å². The molecular formula is C94H89N31O3. The van der Waals surface area contributed by atoms with Crippen LogP contribution in [0.5, 0.6) is 0 Å². The third-order valence-electron chi connectivity index (χ3n) is 23.9. The number of morpholine rings is 2. The largest absolute Gasteiger partial charge is 0.378 e. The number of fused-ring (bicyclic) bond motifs is 8. The van der Waals surface area contributed by atoms with Gasteiger partial charge < -0.3 is 64.1 Å². The lowest BCUT2D eigenvalue weighted by Crippen LogP contribution is -2.44. The monoisotopic (exact) mass is 1700 g/mol. The van der Waals surface area contributed by atoms with Crippen LogP contribution in [0.3, 0.4) is 0 Å². The van der Waals surface area contributed by atoms with Crippen LogP contribution in [0.25, 0.3) is 178 Å². The fourth-order valence-corrected chi connectivity index (χ4v) is 16.7. The SMILES string of the molecule is CC(C)C(=O)Nc1cncc(-c2ccc3[nH]nc(-c4nc5ccncc5[nH]4)c3c2)c1.CN1CCN(c2cncc(-c3ccc4[nH]nc(-c5nc6ccncc6[nH]5)c4c3)c2)CC1.CN1CCN(c2cncc3[nH]c(-c4n[nH]c5ccc(-c6cncc(N7CCOCC7)c6)cc45)nc23)CC1.c1cncc(-c2ccc3[nH]nc(-c4nc5c(N6CCOCC6)cncc5[nH]4)c3c2)c1. The molecule has 34 nitrogen and oxygen atoms in total. The Morgan fingerprint density at radius 1 is 0.336 bits per heavy atom. The predicted octanol–water partition coefficient (Wildman–Crippen LogP) is 14.0. The maximum absolute atomic E-state index is 12.0. The van der Waals surface area contributed by atoms with Crippen LogP contribution in [0.15, 0.2) is 214 Å². The van der Waals surface area contributed by atoms with E-state index in [1.165, 1.54) is 5.69 Å². The minimum Gasteiger partial charge on any atom is -0.378 e. The minimum absolute atomic E-state index is 0.0408. The highest BCUT2D eigenvalue weighted by molar-refractivity contribution is 6.02. The number of H-pyrrole nitrogens is 8. The maximum Gasteiger partial charge on any atom is 0.226 e. The predicted molar refractivity (Wildman–Crippen MR) is 498 cm³/mol. The molecule has 0 aliphatic carbocycles. The van der Waals surface area contributed by atoms with Crippen LogP contribution < -0.4 is 24.9 Å². The van der Waals surface area contributed by atoms with E-state index in [1.54, 1.807) is 43.4 Å². The number of hydrogen-bond acceptors (Lipinski definition) is 25. The summed E-state index contributed by atoms with van der Waals surface area (Å²) in [7, 11) is 4.33. The van der Waals surface area contributed by atoms with Gasteiger partial charge in [-0.2, -0.15) is 20.4 Å². The van der Waals surface area contributed by atoms with E-state index in [1.807, 2.05) is 118 Å². The number of carbonyl (C=O) groups excluding carboxylic acids is 1. The van der Waals surface area contributed by atoms with E-state index in [0.29, 0.717) is 11.5 Å². The number of imidazole rings is 4. The number of pyridine rings is 8. The molecule has 638 valence electrons. The zero-order valence-electron chi connectivity index (χ0n) is 70.7. The van der Waals surface area contributed by atoms with Gasteiger partial charge in [0, 0.05) is 172 Å². The summed E-state index contributed by atoms with van der Waals surface area (Å²) in [6, 6.07) is 39.0. The molecule has 4 aliphatic rings. The highest BCUT2D eigenvalue weighted by atomic mass is 16.5. The molecule has 128 heavy (non-hydrogen) atoms. The Bertz CT molecular complexity index is 7330. The van der Waals surface area contributed by atoms with E-state index in [-0.39, 0.29) is 11.8 Å². The highest BCUT2D eigenvalue weighted by Crippen LogP contribution is 2.39. The van der Waals surface area contributed by atoms with Crippen molar-refractivity contribution in [3.63, 3.8) is 0 Å². The number of nitrogens with one attached hydrogen (secondary N) is 9. The molecule has 20 aromatic rings. The van der Waals surface area contributed by atoms with Gasteiger partial charge in [-0.05, 0) is 121 Å². The first-order chi connectivity index (χ1) is 62.9. The number of ether oxygens (including phenoxy) is 2. The van der Waals surface area contributed by atoms with Gasteiger partial charge in [0.1, 0.15) is 33.8 Å². The topological polar surface area (TPSA) is 400 Å². The summed E-state index contributed by atoms with van der Waals surface area (Å²) >= 11 is 0. The lowest BCUT2D eigenvalue weighted by Gasteiger charge is -2.34. The second-order valence-electron chi connectivity index (χ2n) is 32.6. The van der Waals surface area contributed by atoms with Gasteiger partial charge >= 0.3 is 0 Å². The Hall–Kier alpha value is -15.7. The zero-order valence-corrected chi connectivity index (χ0v) is 70.7. The van der Waals surface area contributed by atoms with Gasteiger partial charge in [0.2, 0.25) is 5.91 Å². The molecular weight excluding hydrogens is 1610 g/mol. The smallest absolute Gasteiger partial charge is 0.226 e. The number of aromatic nitrogens is 24. The van der Waals surface area contributed by atoms with Crippen molar-refractivity contribution in [3.8, 4) is 90.6 Å². The quantitative estimate of drug-likeness (QED) is 0.0488. The Morgan fingerprint density at radius 2 is 0.703 bits per heavy atom. The van der Waals surface area contributed by atoms with Gasteiger partial charge in [-0.25, -0.2) is 19.9 Å².